The quantitative estimate of drug-likeness (QED) is 0.859. The second kappa shape index (κ2) is 6.65. The van der Waals surface area contributed by atoms with Gasteiger partial charge in [0.1, 0.15) is 5.69 Å². The predicted molar refractivity (Wildman–Crippen MR) is 101 cm³/mol. The Balaban J connectivity index is 1.79. The topological polar surface area (TPSA) is 44.9 Å². The number of ether oxygens (including phenoxy) is 2. The van der Waals surface area contributed by atoms with Gasteiger partial charge >= 0.3 is 0 Å². The first-order valence-electron chi connectivity index (χ1n) is 9.08. The third-order valence-electron chi connectivity index (χ3n) is 5.39. The molecule has 0 saturated heterocycles. The minimum absolute atomic E-state index is 0.502. The van der Waals surface area contributed by atoms with Gasteiger partial charge in [0.15, 0.2) is 18.0 Å². The maximum absolute atomic E-state index is 11.7. The molecule has 1 atom stereocenters. The maximum Gasteiger partial charge on any atom is 0.271 e. The van der Waals surface area contributed by atoms with Gasteiger partial charge in [-0.1, -0.05) is 18.2 Å². The molecule has 5 nitrogen and oxygen atoms in total. The fourth-order valence-electron chi connectivity index (χ4n) is 4.07. The normalized spacial score (nSPS) is 22.3. The molecule has 0 aromatic heterocycles. The van der Waals surface area contributed by atoms with Crippen molar-refractivity contribution >= 4 is 11.5 Å². The monoisotopic (exact) mass is 353 g/mol. The largest absolute Gasteiger partial charge is 0.493 e. The summed E-state index contributed by atoms with van der Waals surface area (Å²) in [6.07, 6.45) is 3.21. The molecule has 0 radical (unpaired) electrons. The summed E-state index contributed by atoms with van der Waals surface area (Å²) in [5.74, 6) is 2.50. The molecule has 0 amide bonds. The Morgan fingerprint density at radius 2 is 1.77 bits per heavy atom. The van der Waals surface area contributed by atoms with Crippen LogP contribution in [0.3, 0.4) is 0 Å². The number of aliphatic hydroxyl groups is 1. The molecular formula is C21H25N2O3+. The highest BCUT2D eigenvalue weighted by Crippen LogP contribution is 2.38. The molecule has 2 aliphatic heterocycles. The highest BCUT2D eigenvalue weighted by molar-refractivity contribution is 5.96. The van der Waals surface area contributed by atoms with Gasteiger partial charge in [0.05, 0.1) is 20.8 Å². The standard InChI is InChI=1S/C21H25N2O3/c1-25-18-12-11-16(14-19(18)26-2)21(24)15-22(17-8-4-3-5-9-17)20-10-6-7-13-23(20)21/h3-5,8-9,11-12,14,24H,6-7,10,13,15H2,1-2H3/q+1/t21-/m1/s1. The molecule has 1 N–H and O–H groups in total. The first kappa shape index (κ1) is 16.9. The summed E-state index contributed by atoms with van der Waals surface area (Å²) in [6, 6.07) is 16.0. The molecule has 4 rings (SSSR count). The van der Waals surface area contributed by atoms with E-state index >= 15 is 0 Å². The van der Waals surface area contributed by atoms with E-state index in [2.05, 4.69) is 21.6 Å². The van der Waals surface area contributed by atoms with E-state index < -0.39 is 5.72 Å². The number of para-hydroxylation sites is 1. The van der Waals surface area contributed by atoms with Crippen molar-refractivity contribution < 1.29 is 19.2 Å². The Morgan fingerprint density at radius 3 is 2.50 bits per heavy atom. The van der Waals surface area contributed by atoms with Crippen LogP contribution in [-0.4, -0.2) is 42.8 Å². The van der Waals surface area contributed by atoms with E-state index in [1.807, 2.05) is 36.4 Å². The maximum atomic E-state index is 11.7. The summed E-state index contributed by atoms with van der Waals surface area (Å²) in [5, 5.41) is 11.7. The Hall–Kier alpha value is -2.53. The lowest BCUT2D eigenvalue weighted by Gasteiger charge is -2.25. The molecule has 0 bridgehead atoms. The average Bonchev–Trinajstić information content (AvgIpc) is 3.02. The molecule has 0 saturated carbocycles. The number of hydrogen-bond acceptors (Lipinski definition) is 4. The van der Waals surface area contributed by atoms with Crippen LogP contribution in [-0.2, 0) is 5.72 Å². The number of hydrogen-bond donors (Lipinski definition) is 1. The minimum atomic E-state index is -1.08. The van der Waals surface area contributed by atoms with Crippen LogP contribution in [0.15, 0.2) is 48.5 Å². The van der Waals surface area contributed by atoms with Gasteiger partial charge in [-0.3, -0.25) is 0 Å². The van der Waals surface area contributed by atoms with E-state index in [1.165, 1.54) is 5.84 Å². The zero-order valence-corrected chi connectivity index (χ0v) is 15.3. The van der Waals surface area contributed by atoms with Gasteiger partial charge in [0.25, 0.3) is 11.6 Å². The minimum Gasteiger partial charge on any atom is -0.493 e. The number of rotatable bonds is 4. The van der Waals surface area contributed by atoms with Crippen molar-refractivity contribution in [1.29, 1.82) is 0 Å². The van der Waals surface area contributed by atoms with Crippen molar-refractivity contribution in [3.05, 3.63) is 54.1 Å². The molecule has 0 unspecified atom stereocenters. The molecule has 0 spiro atoms. The molecule has 26 heavy (non-hydrogen) atoms. The smallest absolute Gasteiger partial charge is 0.271 e. The van der Waals surface area contributed by atoms with Crippen LogP contribution >= 0.6 is 0 Å². The fourth-order valence-corrected chi connectivity index (χ4v) is 4.07. The Bertz CT molecular complexity index is 834. The summed E-state index contributed by atoms with van der Waals surface area (Å²) in [4.78, 5) is 2.25. The summed E-state index contributed by atoms with van der Waals surface area (Å²) >= 11 is 0. The Kier molecular flexibility index (Phi) is 4.32. The lowest BCUT2D eigenvalue weighted by molar-refractivity contribution is -0.661. The van der Waals surface area contributed by atoms with Crippen molar-refractivity contribution in [2.24, 2.45) is 0 Å². The van der Waals surface area contributed by atoms with Gasteiger partial charge < -0.3 is 14.6 Å². The molecule has 0 aliphatic carbocycles. The number of amidine groups is 1. The zero-order chi connectivity index (χ0) is 18.1. The van der Waals surface area contributed by atoms with Gasteiger partial charge in [-0.25, -0.2) is 9.48 Å². The molecule has 136 valence electrons. The molecular weight excluding hydrogens is 328 g/mol. The molecule has 2 heterocycles. The van der Waals surface area contributed by atoms with Crippen LogP contribution in [0, 0.1) is 0 Å². The average molecular weight is 353 g/mol. The number of anilines is 1. The van der Waals surface area contributed by atoms with E-state index in [-0.39, 0.29) is 0 Å². The fraction of sp³-hybridized carbons (Fsp3) is 0.381. The van der Waals surface area contributed by atoms with Crippen LogP contribution in [0.2, 0.25) is 0 Å². The highest BCUT2D eigenvalue weighted by Gasteiger charge is 2.52. The van der Waals surface area contributed by atoms with Crippen LogP contribution in [0.4, 0.5) is 5.69 Å². The number of nitrogens with zero attached hydrogens (tertiary/aromatic N) is 2. The van der Waals surface area contributed by atoms with E-state index in [4.69, 9.17) is 9.47 Å². The first-order chi connectivity index (χ1) is 12.7. The van der Waals surface area contributed by atoms with Crippen LogP contribution in [0.25, 0.3) is 0 Å². The number of methoxy groups -OCH3 is 2. The van der Waals surface area contributed by atoms with E-state index in [0.717, 1.165) is 37.1 Å². The van der Waals surface area contributed by atoms with E-state index in [1.54, 1.807) is 14.2 Å². The van der Waals surface area contributed by atoms with Gasteiger partial charge in [0.2, 0.25) is 0 Å². The molecule has 2 aliphatic rings. The summed E-state index contributed by atoms with van der Waals surface area (Å²) in [6.45, 7) is 1.35. The van der Waals surface area contributed by atoms with E-state index in [9.17, 15) is 5.11 Å². The van der Waals surface area contributed by atoms with Crippen LogP contribution in [0.1, 0.15) is 24.8 Å². The van der Waals surface area contributed by atoms with Crippen molar-refractivity contribution in [1.82, 2.24) is 0 Å². The molecule has 0 fully saturated rings. The molecule has 2 aromatic carbocycles. The third-order valence-corrected chi connectivity index (χ3v) is 5.39. The number of β-amino-alcohol motifs (C(OH)–C–C–N with tert-alkyl or cyclic N) is 1. The second-order valence-corrected chi connectivity index (χ2v) is 6.83. The van der Waals surface area contributed by atoms with Gasteiger partial charge in [-0.15, -0.1) is 0 Å². The van der Waals surface area contributed by atoms with Gasteiger partial charge in [-0.05, 0) is 43.2 Å². The van der Waals surface area contributed by atoms with Crippen molar-refractivity contribution in [2.75, 3.05) is 32.2 Å². The van der Waals surface area contributed by atoms with Crippen molar-refractivity contribution in [3.63, 3.8) is 0 Å². The SMILES string of the molecule is COc1ccc([C@]2(O)CN(c3ccccc3)C3=[N+]2CCCC3)cc1OC. The van der Waals surface area contributed by atoms with Crippen molar-refractivity contribution in [3.8, 4) is 11.5 Å². The molecule has 5 heteroatoms. The lowest BCUT2D eigenvalue weighted by Crippen LogP contribution is -2.41. The van der Waals surface area contributed by atoms with Gasteiger partial charge in [0, 0.05) is 12.0 Å². The summed E-state index contributed by atoms with van der Waals surface area (Å²) < 4.78 is 13.0. The first-order valence-corrected chi connectivity index (χ1v) is 9.08. The Morgan fingerprint density at radius 1 is 1.00 bits per heavy atom. The third kappa shape index (κ3) is 2.63. The van der Waals surface area contributed by atoms with Crippen molar-refractivity contribution in [2.45, 2.75) is 25.0 Å². The lowest BCUT2D eigenvalue weighted by atomic mass is 10.0. The second-order valence-electron chi connectivity index (χ2n) is 6.83. The van der Waals surface area contributed by atoms with E-state index in [0.29, 0.717) is 18.0 Å². The predicted octanol–water partition coefficient (Wildman–Crippen LogP) is 2.96. The Labute approximate surface area is 154 Å². The highest BCUT2D eigenvalue weighted by atomic mass is 16.5. The van der Waals surface area contributed by atoms with Crippen LogP contribution < -0.4 is 14.4 Å². The summed E-state index contributed by atoms with van der Waals surface area (Å²) in [5.41, 5.74) is 0.865. The molecule has 2 aromatic rings. The van der Waals surface area contributed by atoms with Gasteiger partial charge in [-0.2, -0.15) is 0 Å². The zero-order valence-electron chi connectivity index (χ0n) is 15.3. The van der Waals surface area contributed by atoms with Crippen LogP contribution in [0.5, 0.6) is 11.5 Å². The number of benzene rings is 2. The summed E-state index contributed by atoms with van der Waals surface area (Å²) in [7, 11) is 3.24.